The van der Waals surface area contributed by atoms with Gasteiger partial charge in [-0.15, -0.1) is 5.54 Å². The second-order valence-corrected chi connectivity index (χ2v) is 21.9. The van der Waals surface area contributed by atoms with Crippen LogP contribution in [-0.4, -0.2) is 78.7 Å². The molecule has 0 N–H and O–H groups in total. The van der Waals surface area contributed by atoms with E-state index < -0.39 is 31.4 Å². The lowest BCUT2D eigenvalue weighted by Crippen LogP contribution is -2.57. The number of carbonyl (C=O) groups is 1. The predicted octanol–water partition coefficient (Wildman–Crippen LogP) is 9.40. The van der Waals surface area contributed by atoms with Crippen molar-refractivity contribution < 1.29 is 32.2 Å². The van der Waals surface area contributed by atoms with Crippen LogP contribution in [0.1, 0.15) is 80.7 Å². The summed E-state index contributed by atoms with van der Waals surface area (Å²) in [6.45, 7) is 19.2. The summed E-state index contributed by atoms with van der Waals surface area (Å²) in [6.07, 6.45) is 1.42. The third kappa shape index (κ3) is 7.22. The molecule has 2 bridgehead atoms. The Hall–Kier alpha value is -4.41. The molecule has 0 aliphatic carbocycles. The van der Waals surface area contributed by atoms with Gasteiger partial charge in [0.15, 0.2) is 12.6 Å². The molecule has 1 amide bonds. The summed E-state index contributed by atoms with van der Waals surface area (Å²) in [4.78, 5) is 29.4. The number of pyridine rings is 1. The molecule has 2 atom stereocenters. The molecular formula is C41H50F3N5O4Si. The van der Waals surface area contributed by atoms with Crippen molar-refractivity contribution in [3.05, 3.63) is 53.7 Å². The van der Waals surface area contributed by atoms with Crippen LogP contribution < -0.4 is 9.64 Å². The van der Waals surface area contributed by atoms with Gasteiger partial charge in [-0.25, -0.2) is 13.6 Å². The molecule has 2 aromatic carbocycles. The fourth-order valence-corrected chi connectivity index (χ4v) is 13.9. The van der Waals surface area contributed by atoms with Crippen LogP contribution in [0.15, 0.2) is 30.5 Å². The fraction of sp³-hybridized carbons (Fsp3) is 0.512. The molecule has 2 saturated heterocycles. The fourth-order valence-electron chi connectivity index (χ4n) is 8.67. The lowest BCUT2D eigenvalue weighted by atomic mass is 9.95. The van der Waals surface area contributed by atoms with E-state index in [1.807, 2.05) is 25.7 Å². The maximum absolute atomic E-state index is 17.0. The van der Waals surface area contributed by atoms with Crippen LogP contribution in [-0.2, 0) is 9.47 Å². The molecule has 54 heavy (non-hydrogen) atoms. The number of amides is 1. The molecule has 4 aromatic rings. The number of rotatable bonds is 8. The average Bonchev–Trinajstić information content (AvgIpc) is 3.36. The van der Waals surface area contributed by atoms with Gasteiger partial charge in [0.2, 0.25) is 0 Å². The summed E-state index contributed by atoms with van der Waals surface area (Å²) in [5, 5.41) is 1.14. The van der Waals surface area contributed by atoms with Gasteiger partial charge in [0, 0.05) is 37.3 Å². The first kappa shape index (κ1) is 39.3. The topological polar surface area (TPSA) is 89.9 Å². The Labute approximate surface area is 316 Å². The number of ether oxygens (including phenoxy) is 3. The zero-order valence-electron chi connectivity index (χ0n) is 32.8. The Bertz CT molecular complexity index is 2110. The average molecular weight is 762 g/mol. The van der Waals surface area contributed by atoms with Gasteiger partial charge in [0.1, 0.15) is 42.3 Å². The Kier molecular flexibility index (Phi) is 10.9. The Morgan fingerprint density at radius 2 is 1.63 bits per heavy atom. The predicted molar refractivity (Wildman–Crippen MR) is 208 cm³/mol. The van der Waals surface area contributed by atoms with E-state index in [1.54, 1.807) is 23.1 Å². The number of hydrogen-bond acceptors (Lipinski definition) is 8. The second-order valence-electron chi connectivity index (χ2n) is 16.4. The Morgan fingerprint density at radius 1 is 0.981 bits per heavy atom. The standard InChI is InChI=1S/C41H50F3N5O4Si/c1-23(2)54(24(3)4,25(5)6)16-15-30-33(42)14-11-26-17-29(52-22-51-10)18-31(34(26)30)36-35(43)37-32(19-45-36)38(47-39(44)46-37)48-20-27-12-13-28(21-48)49(27)40(50)53-41(7,8)9/h11,14,17-19,23-25,27-28H,12-13,20-22H2,1-10H3/t27-,28+. The van der Waals surface area contributed by atoms with Crippen LogP contribution in [0.3, 0.4) is 0 Å². The van der Waals surface area contributed by atoms with Gasteiger partial charge in [-0.05, 0) is 73.8 Å². The Morgan fingerprint density at radius 3 is 2.22 bits per heavy atom. The highest BCUT2D eigenvalue weighted by molar-refractivity contribution is 6.90. The summed E-state index contributed by atoms with van der Waals surface area (Å²) in [6, 6.07) is 5.87. The molecule has 2 aromatic heterocycles. The molecule has 9 nitrogen and oxygen atoms in total. The molecule has 288 valence electrons. The third-order valence-corrected chi connectivity index (χ3v) is 17.2. The van der Waals surface area contributed by atoms with Crippen LogP contribution >= 0.6 is 0 Å². The first-order chi connectivity index (χ1) is 25.5. The summed E-state index contributed by atoms with van der Waals surface area (Å²) in [5.41, 5.74) is 3.79. The summed E-state index contributed by atoms with van der Waals surface area (Å²) in [7, 11) is -0.815. The number of carbonyl (C=O) groups excluding carboxylic acids is 1. The molecule has 0 radical (unpaired) electrons. The van der Waals surface area contributed by atoms with E-state index in [1.165, 1.54) is 19.4 Å². The van der Waals surface area contributed by atoms with Crippen LogP contribution in [0.25, 0.3) is 32.9 Å². The minimum atomic E-state index is -2.30. The van der Waals surface area contributed by atoms with E-state index in [0.717, 1.165) is 12.8 Å². The van der Waals surface area contributed by atoms with E-state index in [-0.39, 0.29) is 58.5 Å². The normalized spacial score (nSPS) is 17.6. The van der Waals surface area contributed by atoms with Crippen LogP contribution in [0.2, 0.25) is 16.6 Å². The first-order valence-corrected chi connectivity index (χ1v) is 20.9. The number of fused-ring (bicyclic) bond motifs is 4. The van der Waals surface area contributed by atoms with Gasteiger partial charge in [0.25, 0.3) is 0 Å². The van der Waals surface area contributed by atoms with E-state index in [0.29, 0.717) is 46.2 Å². The second kappa shape index (κ2) is 15.0. The van der Waals surface area contributed by atoms with Crippen molar-refractivity contribution in [1.29, 1.82) is 0 Å². The van der Waals surface area contributed by atoms with E-state index in [4.69, 9.17) is 14.2 Å². The van der Waals surface area contributed by atoms with Crippen LogP contribution in [0.4, 0.5) is 23.8 Å². The highest BCUT2D eigenvalue weighted by Gasteiger charge is 2.45. The number of anilines is 1. The van der Waals surface area contributed by atoms with Crippen molar-refractivity contribution in [3.63, 3.8) is 0 Å². The van der Waals surface area contributed by atoms with Crippen molar-refractivity contribution in [2.45, 2.75) is 109 Å². The molecule has 4 heterocycles. The lowest BCUT2D eigenvalue weighted by Gasteiger charge is -2.42. The number of aromatic nitrogens is 3. The maximum atomic E-state index is 17.0. The molecule has 0 unspecified atom stereocenters. The highest BCUT2D eigenvalue weighted by atomic mass is 28.3. The zero-order valence-corrected chi connectivity index (χ0v) is 33.8. The molecular weight excluding hydrogens is 712 g/mol. The molecule has 0 spiro atoms. The number of benzene rings is 2. The number of piperazine rings is 1. The van der Waals surface area contributed by atoms with Gasteiger partial charge in [-0.3, -0.25) is 9.88 Å². The van der Waals surface area contributed by atoms with Gasteiger partial charge in [-0.2, -0.15) is 14.4 Å². The van der Waals surface area contributed by atoms with Gasteiger partial charge in [-0.1, -0.05) is 53.5 Å². The van der Waals surface area contributed by atoms with Gasteiger partial charge in [0.05, 0.1) is 23.0 Å². The number of nitrogens with zero attached hydrogens (tertiary/aromatic N) is 5. The monoisotopic (exact) mass is 761 g/mol. The molecule has 0 saturated carbocycles. The minimum absolute atomic E-state index is 0.0807. The summed E-state index contributed by atoms with van der Waals surface area (Å²) < 4.78 is 65.0. The molecule has 6 rings (SSSR count). The van der Waals surface area contributed by atoms with Crippen molar-refractivity contribution in [1.82, 2.24) is 19.9 Å². The van der Waals surface area contributed by atoms with Gasteiger partial charge < -0.3 is 19.1 Å². The number of methoxy groups -OCH3 is 1. The molecule has 2 aliphatic rings. The van der Waals surface area contributed by atoms with E-state index >= 15 is 13.2 Å². The zero-order chi connectivity index (χ0) is 39.3. The van der Waals surface area contributed by atoms with Crippen molar-refractivity contribution in [2.24, 2.45) is 0 Å². The SMILES string of the molecule is COCOc1cc(-c2ncc3c(N4C[C@H]5CC[C@@H](C4)N5C(=O)OC(C)(C)C)nc(F)nc3c2F)c2c(C#C[Si](C(C)C)(C(C)C)C(C)C)c(F)ccc2c1. The van der Waals surface area contributed by atoms with Crippen molar-refractivity contribution in [3.8, 4) is 28.5 Å². The summed E-state index contributed by atoms with van der Waals surface area (Å²) >= 11 is 0. The summed E-state index contributed by atoms with van der Waals surface area (Å²) in [5.74, 6) is 2.35. The van der Waals surface area contributed by atoms with Crippen LogP contribution in [0, 0.1) is 29.2 Å². The molecule has 2 aliphatic heterocycles. The Balaban J connectivity index is 1.50. The number of halogens is 3. The van der Waals surface area contributed by atoms with Crippen LogP contribution in [0.5, 0.6) is 5.75 Å². The van der Waals surface area contributed by atoms with E-state index in [9.17, 15) is 4.79 Å². The minimum Gasteiger partial charge on any atom is -0.468 e. The molecule has 2 fully saturated rings. The maximum Gasteiger partial charge on any atom is 0.410 e. The highest BCUT2D eigenvalue weighted by Crippen LogP contribution is 2.43. The smallest absolute Gasteiger partial charge is 0.410 e. The largest absolute Gasteiger partial charge is 0.468 e. The lowest BCUT2D eigenvalue weighted by molar-refractivity contribution is 0.0122. The van der Waals surface area contributed by atoms with Gasteiger partial charge >= 0.3 is 12.2 Å². The van der Waals surface area contributed by atoms with E-state index in [2.05, 4.69) is 68.0 Å². The van der Waals surface area contributed by atoms with Crippen molar-refractivity contribution >= 4 is 41.7 Å². The number of hydrogen-bond donors (Lipinski definition) is 0. The molecule has 13 heteroatoms. The quantitative estimate of drug-likeness (QED) is 0.0760. The first-order valence-electron chi connectivity index (χ1n) is 18.7. The third-order valence-electron chi connectivity index (χ3n) is 10.9. The van der Waals surface area contributed by atoms with Crippen molar-refractivity contribution in [2.75, 3.05) is 31.9 Å².